The predicted molar refractivity (Wildman–Crippen MR) is 72.7 cm³/mol. The summed E-state index contributed by atoms with van der Waals surface area (Å²) in [5.74, 6) is -0.390. The minimum Gasteiger partial charge on any atom is -0.380 e. The molecule has 6 nitrogen and oxygen atoms in total. The van der Waals surface area contributed by atoms with E-state index in [2.05, 4.69) is 24.3 Å². The van der Waals surface area contributed by atoms with Gasteiger partial charge < -0.3 is 15.8 Å². The third kappa shape index (κ3) is 3.70. The van der Waals surface area contributed by atoms with Crippen LogP contribution in [0.3, 0.4) is 0 Å². The second-order valence-electron chi connectivity index (χ2n) is 5.38. The zero-order valence-electron chi connectivity index (χ0n) is 11.6. The Morgan fingerprint density at radius 2 is 2.53 bits per heavy atom. The molecule has 1 aromatic rings. The van der Waals surface area contributed by atoms with Gasteiger partial charge in [-0.2, -0.15) is 5.10 Å². The molecule has 0 saturated carbocycles. The van der Waals surface area contributed by atoms with E-state index < -0.39 is 0 Å². The third-order valence-electron chi connectivity index (χ3n) is 3.66. The van der Waals surface area contributed by atoms with E-state index in [1.807, 2.05) is 6.20 Å². The van der Waals surface area contributed by atoms with Crippen LogP contribution in [0.5, 0.6) is 0 Å². The van der Waals surface area contributed by atoms with Gasteiger partial charge in [0.2, 0.25) is 5.91 Å². The van der Waals surface area contributed by atoms with E-state index in [0.717, 1.165) is 31.6 Å². The standard InChI is InChI=1S/C13H22N4O2/c1-3-13(2)6-10(4-5-19-13)16-11-7-15-17(8-11)9-12(14)18/h7-8,10,16H,3-6,9H2,1-2H3,(H2,14,18). The van der Waals surface area contributed by atoms with Crippen molar-refractivity contribution in [3.63, 3.8) is 0 Å². The fraction of sp³-hybridized carbons (Fsp3) is 0.692. The van der Waals surface area contributed by atoms with Crippen molar-refractivity contribution in [2.45, 2.75) is 51.3 Å². The number of carbonyl (C=O) groups excluding carboxylic acids is 1. The van der Waals surface area contributed by atoms with Crippen LogP contribution in [0.1, 0.15) is 33.1 Å². The fourth-order valence-electron chi connectivity index (χ4n) is 2.42. The summed E-state index contributed by atoms with van der Waals surface area (Å²) in [7, 11) is 0. The Bertz CT molecular complexity index is 446. The number of nitrogens with zero attached hydrogens (tertiary/aromatic N) is 2. The molecule has 3 N–H and O–H groups in total. The normalized spacial score (nSPS) is 27.2. The Morgan fingerprint density at radius 3 is 3.21 bits per heavy atom. The molecule has 19 heavy (non-hydrogen) atoms. The number of aromatic nitrogens is 2. The average Bonchev–Trinajstić information content (AvgIpc) is 2.76. The molecule has 1 aliphatic rings. The number of hydrogen-bond donors (Lipinski definition) is 2. The maximum absolute atomic E-state index is 10.8. The van der Waals surface area contributed by atoms with Crippen LogP contribution in [0, 0.1) is 0 Å². The Hall–Kier alpha value is -1.56. The van der Waals surface area contributed by atoms with E-state index >= 15 is 0 Å². The van der Waals surface area contributed by atoms with E-state index in [-0.39, 0.29) is 18.1 Å². The van der Waals surface area contributed by atoms with Crippen LogP contribution in [-0.4, -0.2) is 33.9 Å². The highest BCUT2D eigenvalue weighted by Gasteiger charge is 2.31. The maximum atomic E-state index is 10.8. The Labute approximate surface area is 113 Å². The molecular weight excluding hydrogens is 244 g/mol. The maximum Gasteiger partial charge on any atom is 0.239 e. The molecule has 6 heteroatoms. The molecule has 1 fully saturated rings. The number of primary amides is 1. The van der Waals surface area contributed by atoms with Crippen LogP contribution >= 0.6 is 0 Å². The molecule has 106 valence electrons. The van der Waals surface area contributed by atoms with Crippen molar-refractivity contribution in [1.82, 2.24) is 9.78 Å². The van der Waals surface area contributed by atoms with Crippen molar-refractivity contribution in [2.75, 3.05) is 11.9 Å². The van der Waals surface area contributed by atoms with Gasteiger partial charge in [0.05, 0.1) is 17.5 Å². The van der Waals surface area contributed by atoms with Gasteiger partial charge in [-0.3, -0.25) is 9.48 Å². The molecule has 0 aromatic carbocycles. The fourth-order valence-corrected chi connectivity index (χ4v) is 2.42. The summed E-state index contributed by atoms with van der Waals surface area (Å²) in [4.78, 5) is 10.8. The summed E-state index contributed by atoms with van der Waals surface area (Å²) < 4.78 is 7.36. The first-order valence-electron chi connectivity index (χ1n) is 6.72. The highest BCUT2D eigenvalue weighted by atomic mass is 16.5. The summed E-state index contributed by atoms with van der Waals surface area (Å²) in [6, 6.07) is 0.380. The molecule has 0 bridgehead atoms. The van der Waals surface area contributed by atoms with Crippen molar-refractivity contribution in [1.29, 1.82) is 0 Å². The van der Waals surface area contributed by atoms with Gasteiger partial charge in [0.25, 0.3) is 0 Å². The van der Waals surface area contributed by atoms with Gasteiger partial charge in [0.1, 0.15) is 6.54 Å². The summed E-state index contributed by atoms with van der Waals surface area (Å²) in [5.41, 5.74) is 6.02. The van der Waals surface area contributed by atoms with E-state index in [1.54, 1.807) is 10.9 Å². The van der Waals surface area contributed by atoms with Gasteiger partial charge in [-0.25, -0.2) is 0 Å². The first-order valence-corrected chi connectivity index (χ1v) is 6.72. The molecule has 2 heterocycles. The number of ether oxygens (including phenoxy) is 1. The lowest BCUT2D eigenvalue weighted by Gasteiger charge is -2.38. The van der Waals surface area contributed by atoms with Gasteiger partial charge in [-0.1, -0.05) is 6.92 Å². The second kappa shape index (κ2) is 5.61. The minimum atomic E-state index is -0.390. The molecule has 0 radical (unpaired) electrons. The number of nitrogens with one attached hydrogen (secondary N) is 1. The number of nitrogens with two attached hydrogens (primary N) is 1. The largest absolute Gasteiger partial charge is 0.380 e. The molecule has 1 amide bonds. The summed E-state index contributed by atoms with van der Waals surface area (Å²) >= 11 is 0. The van der Waals surface area contributed by atoms with Crippen LogP contribution in [0.4, 0.5) is 5.69 Å². The van der Waals surface area contributed by atoms with Crippen LogP contribution in [0.15, 0.2) is 12.4 Å². The van der Waals surface area contributed by atoms with Gasteiger partial charge in [-0.05, 0) is 26.2 Å². The summed E-state index contributed by atoms with van der Waals surface area (Å²) in [6.07, 6.45) is 6.50. The van der Waals surface area contributed by atoms with Crippen LogP contribution < -0.4 is 11.1 Å². The molecule has 2 rings (SSSR count). The Balaban J connectivity index is 1.93. The lowest BCUT2D eigenvalue weighted by atomic mass is 9.90. The van der Waals surface area contributed by atoms with Crippen LogP contribution in [0.25, 0.3) is 0 Å². The molecule has 0 spiro atoms. The van der Waals surface area contributed by atoms with Crippen molar-refractivity contribution in [3.05, 3.63) is 12.4 Å². The number of carbonyl (C=O) groups is 1. The highest BCUT2D eigenvalue weighted by Crippen LogP contribution is 2.29. The zero-order chi connectivity index (χ0) is 13.9. The average molecular weight is 266 g/mol. The van der Waals surface area contributed by atoms with Gasteiger partial charge in [0.15, 0.2) is 0 Å². The molecule has 0 aliphatic carbocycles. The van der Waals surface area contributed by atoms with E-state index in [4.69, 9.17) is 10.5 Å². The molecule has 2 atom stereocenters. The lowest BCUT2D eigenvalue weighted by molar-refractivity contribution is -0.118. The van der Waals surface area contributed by atoms with Crippen molar-refractivity contribution in [3.8, 4) is 0 Å². The van der Waals surface area contributed by atoms with Crippen LogP contribution in [0.2, 0.25) is 0 Å². The van der Waals surface area contributed by atoms with Crippen molar-refractivity contribution >= 4 is 11.6 Å². The number of amides is 1. The van der Waals surface area contributed by atoms with E-state index in [9.17, 15) is 4.79 Å². The first-order chi connectivity index (χ1) is 9.00. The van der Waals surface area contributed by atoms with Gasteiger partial charge in [-0.15, -0.1) is 0 Å². The van der Waals surface area contributed by atoms with Crippen molar-refractivity contribution in [2.24, 2.45) is 5.73 Å². The smallest absolute Gasteiger partial charge is 0.239 e. The Kier molecular flexibility index (Phi) is 4.09. The molecular formula is C13H22N4O2. The lowest BCUT2D eigenvalue weighted by Crippen LogP contribution is -2.41. The van der Waals surface area contributed by atoms with Crippen LogP contribution in [-0.2, 0) is 16.1 Å². The highest BCUT2D eigenvalue weighted by molar-refractivity contribution is 5.73. The summed E-state index contributed by atoms with van der Waals surface area (Å²) in [5, 5.41) is 7.55. The minimum absolute atomic E-state index is 0.0425. The second-order valence-corrected chi connectivity index (χ2v) is 5.38. The molecule has 1 aromatic heterocycles. The topological polar surface area (TPSA) is 82.2 Å². The Morgan fingerprint density at radius 1 is 1.74 bits per heavy atom. The first kappa shape index (κ1) is 13.9. The molecule has 1 aliphatic heterocycles. The quantitative estimate of drug-likeness (QED) is 0.837. The molecule has 2 unspecified atom stereocenters. The van der Waals surface area contributed by atoms with Gasteiger partial charge >= 0.3 is 0 Å². The predicted octanol–water partition coefficient (Wildman–Crippen LogP) is 1.13. The SMILES string of the molecule is CCC1(C)CC(Nc2cnn(CC(N)=O)c2)CCO1. The van der Waals surface area contributed by atoms with Crippen molar-refractivity contribution < 1.29 is 9.53 Å². The summed E-state index contributed by atoms with van der Waals surface area (Å²) in [6.45, 7) is 5.18. The third-order valence-corrected chi connectivity index (χ3v) is 3.66. The zero-order valence-corrected chi connectivity index (χ0v) is 11.6. The number of rotatable bonds is 5. The number of anilines is 1. The monoisotopic (exact) mass is 266 g/mol. The van der Waals surface area contributed by atoms with E-state index in [1.165, 1.54) is 0 Å². The van der Waals surface area contributed by atoms with E-state index in [0.29, 0.717) is 6.04 Å². The van der Waals surface area contributed by atoms with Gasteiger partial charge in [0, 0.05) is 18.8 Å². The molecule has 1 saturated heterocycles. The number of hydrogen-bond acceptors (Lipinski definition) is 4.